The van der Waals surface area contributed by atoms with E-state index >= 15 is 0 Å². The van der Waals surface area contributed by atoms with Crippen molar-refractivity contribution in [3.05, 3.63) is 46.5 Å². The number of carbonyl (C=O) groups excluding carboxylic acids is 2. The number of nitrogens with zero attached hydrogens (tertiary/aromatic N) is 1. The molecule has 0 radical (unpaired) electrons. The lowest BCUT2D eigenvalue weighted by molar-refractivity contribution is -0.138. The maximum absolute atomic E-state index is 12.6. The number of aliphatic hydroxyl groups excluding tert-OH is 2. The Kier molecular flexibility index (Phi) is 7.34. The number of phenolic OH excluding ortho intramolecular Hbond substituents is 1. The van der Waals surface area contributed by atoms with Gasteiger partial charge in [0.15, 0.2) is 0 Å². The smallest absolute Gasteiger partial charge is 0.233 e. The Morgan fingerprint density at radius 3 is 2.58 bits per heavy atom. The van der Waals surface area contributed by atoms with Crippen LogP contribution in [0.5, 0.6) is 5.75 Å². The molecule has 2 aliphatic rings. The Morgan fingerprint density at radius 1 is 1.23 bits per heavy atom. The number of likely N-dealkylation sites (tertiary alicyclic amines) is 1. The molecule has 2 amide bonds. The van der Waals surface area contributed by atoms with Crippen molar-refractivity contribution in [2.45, 2.75) is 52.1 Å². The number of imide groups is 1. The van der Waals surface area contributed by atoms with Crippen molar-refractivity contribution in [3.63, 3.8) is 0 Å². The highest BCUT2D eigenvalue weighted by Gasteiger charge is 2.53. The van der Waals surface area contributed by atoms with Crippen LogP contribution in [-0.2, 0) is 9.59 Å². The summed E-state index contributed by atoms with van der Waals surface area (Å²) in [6.07, 6.45) is 4.52. The SMILES string of the molecule is CCC/C(=C\c1ccccc1O)CC[C@@H](O)C1=C(C)C[C@H]2C(=O)N(C)C(=O)[C@H]2[C@H]1CO. The third kappa shape index (κ3) is 4.60. The molecule has 0 unspecified atom stereocenters. The molecule has 3 rings (SSSR count). The quantitative estimate of drug-likeness (QED) is 0.437. The fourth-order valence-electron chi connectivity index (χ4n) is 5.17. The number of hydrogen-bond acceptors (Lipinski definition) is 5. The van der Waals surface area contributed by atoms with E-state index in [4.69, 9.17) is 0 Å². The summed E-state index contributed by atoms with van der Waals surface area (Å²) in [5.74, 6) is -1.81. The fraction of sp³-hybridized carbons (Fsp3) is 0.520. The average Bonchev–Trinajstić information content (AvgIpc) is 2.96. The van der Waals surface area contributed by atoms with Crippen LogP contribution in [0.4, 0.5) is 0 Å². The Balaban J connectivity index is 1.79. The summed E-state index contributed by atoms with van der Waals surface area (Å²) in [5, 5.41) is 31.2. The standard InChI is InChI=1S/C25H33NO5/c1-4-7-16(13-17-8-5-6-9-20(17)28)10-11-21(29)22-15(2)12-18-23(19(22)14-27)25(31)26(3)24(18)30/h5-6,8-9,13,18-19,21,23,27-29H,4,7,10-12,14H2,1-3H3/b16-13+/t18-,19+,21-,23-/m1/s1. The van der Waals surface area contributed by atoms with Crippen LogP contribution >= 0.6 is 0 Å². The molecule has 1 heterocycles. The van der Waals surface area contributed by atoms with E-state index in [9.17, 15) is 24.9 Å². The minimum atomic E-state index is -0.795. The second-order valence-electron chi connectivity index (χ2n) is 8.76. The van der Waals surface area contributed by atoms with Crippen LogP contribution in [-0.4, -0.2) is 51.8 Å². The lowest BCUT2D eigenvalue weighted by Gasteiger charge is -2.35. The second kappa shape index (κ2) is 9.79. The van der Waals surface area contributed by atoms with E-state index in [0.717, 1.165) is 34.5 Å². The van der Waals surface area contributed by atoms with Gasteiger partial charge in [-0.05, 0) is 44.2 Å². The Bertz CT molecular complexity index is 903. The van der Waals surface area contributed by atoms with Crippen LogP contribution < -0.4 is 0 Å². The number of hydrogen-bond donors (Lipinski definition) is 3. The third-order valence-corrected chi connectivity index (χ3v) is 6.71. The molecule has 6 nitrogen and oxygen atoms in total. The first-order chi connectivity index (χ1) is 14.8. The number of amides is 2. The van der Waals surface area contributed by atoms with Gasteiger partial charge in [0.25, 0.3) is 0 Å². The molecule has 0 aromatic heterocycles. The maximum Gasteiger partial charge on any atom is 0.233 e. The number of rotatable bonds is 8. The molecular formula is C25H33NO5. The molecule has 1 aromatic carbocycles. The van der Waals surface area contributed by atoms with Gasteiger partial charge in [-0.25, -0.2) is 0 Å². The number of benzene rings is 1. The highest BCUT2D eigenvalue weighted by atomic mass is 16.3. The van der Waals surface area contributed by atoms with Crippen molar-refractivity contribution in [1.82, 2.24) is 4.90 Å². The zero-order valence-electron chi connectivity index (χ0n) is 18.5. The summed E-state index contributed by atoms with van der Waals surface area (Å²) >= 11 is 0. The fourth-order valence-corrected chi connectivity index (χ4v) is 5.17. The monoisotopic (exact) mass is 427 g/mol. The van der Waals surface area contributed by atoms with Gasteiger partial charge in [0, 0.05) is 18.5 Å². The molecule has 4 atom stereocenters. The van der Waals surface area contributed by atoms with Gasteiger partial charge in [0.05, 0.1) is 24.5 Å². The first-order valence-corrected chi connectivity index (χ1v) is 11.1. The van der Waals surface area contributed by atoms with Crippen molar-refractivity contribution < 1.29 is 24.9 Å². The summed E-state index contributed by atoms with van der Waals surface area (Å²) in [5.41, 5.74) is 3.48. The number of para-hydroxylation sites is 1. The van der Waals surface area contributed by atoms with E-state index in [1.54, 1.807) is 12.1 Å². The van der Waals surface area contributed by atoms with E-state index in [1.807, 2.05) is 25.1 Å². The van der Waals surface area contributed by atoms with Gasteiger partial charge in [-0.2, -0.15) is 0 Å². The lowest BCUT2D eigenvalue weighted by atomic mass is 9.68. The molecule has 0 bridgehead atoms. The zero-order valence-corrected chi connectivity index (χ0v) is 18.5. The van der Waals surface area contributed by atoms with Gasteiger partial charge in [0.1, 0.15) is 5.75 Å². The van der Waals surface area contributed by atoms with Crippen LogP contribution in [0.2, 0.25) is 0 Å². The molecule has 1 aliphatic carbocycles. The van der Waals surface area contributed by atoms with E-state index in [0.29, 0.717) is 24.8 Å². The number of fused-ring (bicyclic) bond motifs is 1. The highest BCUT2D eigenvalue weighted by molar-refractivity contribution is 6.05. The largest absolute Gasteiger partial charge is 0.507 e. The van der Waals surface area contributed by atoms with Gasteiger partial charge in [0.2, 0.25) is 11.8 Å². The predicted octanol–water partition coefficient (Wildman–Crippen LogP) is 3.28. The maximum atomic E-state index is 12.6. The van der Waals surface area contributed by atoms with E-state index in [1.165, 1.54) is 7.05 Å². The van der Waals surface area contributed by atoms with Crippen molar-refractivity contribution in [1.29, 1.82) is 0 Å². The van der Waals surface area contributed by atoms with Crippen LogP contribution in [0.1, 0.15) is 51.5 Å². The molecular weight excluding hydrogens is 394 g/mol. The Morgan fingerprint density at radius 2 is 1.94 bits per heavy atom. The topological polar surface area (TPSA) is 98.1 Å². The molecule has 1 saturated heterocycles. The third-order valence-electron chi connectivity index (χ3n) is 6.71. The molecule has 168 valence electrons. The van der Waals surface area contributed by atoms with Gasteiger partial charge in [-0.3, -0.25) is 14.5 Å². The normalized spacial score (nSPS) is 25.3. The summed E-state index contributed by atoms with van der Waals surface area (Å²) in [7, 11) is 1.49. The molecule has 0 saturated carbocycles. The van der Waals surface area contributed by atoms with Crippen LogP contribution in [0.25, 0.3) is 6.08 Å². The Labute approximate surface area is 183 Å². The molecule has 6 heteroatoms. The highest BCUT2D eigenvalue weighted by Crippen LogP contribution is 2.45. The summed E-state index contributed by atoms with van der Waals surface area (Å²) < 4.78 is 0. The summed E-state index contributed by atoms with van der Waals surface area (Å²) in [4.78, 5) is 26.2. The van der Waals surface area contributed by atoms with Gasteiger partial charge in [-0.1, -0.05) is 48.8 Å². The van der Waals surface area contributed by atoms with E-state index < -0.39 is 23.9 Å². The van der Waals surface area contributed by atoms with Crippen molar-refractivity contribution in [3.8, 4) is 5.75 Å². The van der Waals surface area contributed by atoms with Gasteiger partial charge < -0.3 is 15.3 Å². The number of aliphatic hydroxyl groups is 2. The first kappa shape index (κ1) is 23.2. The van der Waals surface area contributed by atoms with Crippen LogP contribution in [0.3, 0.4) is 0 Å². The minimum Gasteiger partial charge on any atom is -0.507 e. The molecule has 0 spiro atoms. The van der Waals surface area contributed by atoms with Crippen molar-refractivity contribution in [2.75, 3.05) is 13.7 Å². The molecule has 31 heavy (non-hydrogen) atoms. The van der Waals surface area contributed by atoms with E-state index in [-0.39, 0.29) is 24.2 Å². The van der Waals surface area contributed by atoms with Crippen LogP contribution in [0, 0.1) is 17.8 Å². The van der Waals surface area contributed by atoms with Crippen molar-refractivity contribution >= 4 is 17.9 Å². The van der Waals surface area contributed by atoms with E-state index in [2.05, 4.69) is 6.92 Å². The van der Waals surface area contributed by atoms with Crippen molar-refractivity contribution in [2.24, 2.45) is 17.8 Å². The van der Waals surface area contributed by atoms with Gasteiger partial charge in [-0.15, -0.1) is 0 Å². The molecule has 1 aliphatic heterocycles. The summed E-state index contributed by atoms with van der Waals surface area (Å²) in [6, 6.07) is 7.17. The van der Waals surface area contributed by atoms with Crippen LogP contribution in [0.15, 0.2) is 41.0 Å². The Hall–Kier alpha value is -2.44. The number of aromatic hydroxyl groups is 1. The van der Waals surface area contributed by atoms with Gasteiger partial charge >= 0.3 is 0 Å². The lowest BCUT2D eigenvalue weighted by Crippen LogP contribution is -2.38. The molecule has 1 fully saturated rings. The zero-order chi connectivity index (χ0) is 22.7. The summed E-state index contributed by atoms with van der Waals surface area (Å²) in [6.45, 7) is 3.70. The predicted molar refractivity (Wildman–Crippen MR) is 119 cm³/mol. The molecule has 3 N–H and O–H groups in total. The number of phenols is 1. The number of carbonyl (C=O) groups is 2. The number of allylic oxidation sites excluding steroid dienone is 2. The minimum absolute atomic E-state index is 0.197. The first-order valence-electron chi connectivity index (χ1n) is 11.1. The molecule has 1 aromatic rings. The second-order valence-corrected chi connectivity index (χ2v) is 8.76. The average molecular weight is 428 g/mol.